The highest BCUT2D eigenvalue weighted by molar-refractivity contribution is 8.31. The summed E-state index contributed by atoms with van der Waals surface area (Å²) in [5.74, 6) is 0. The Labute approximate surface area is 97.5 Å². The molecule has 0 heterocycles. The largest absolute Gasteiger partial charge is 0.317 e. The van der Waals surface area contributed by atoms with E-state index in [0.29, 0.717) is 0 Å². The number of aryl methyl sites for hydroxylation is 1. The Morgan fingerprint density at radius 2 is 1.64 bits per heavy atom. The Morgan fingerprint density at radius 3 is 1.93 bits per heavy atom. The molecule has 0 unspecified atom stereocenters. The fourth-order valence-electron chi connectivity index (χ4n) is 0.785. The van der Waals surface area contributed by atoms with Gasteiger partial charge in [-0.3, -0.25) is 0 Å². The lowest BCUT2D eigenvalue weighted by atomic mass is 10.2. The molecule has 0 N–H and O–H groups in total. The molecule has 2 nitrogen and oxygen atoms in total. The van der Waals surface area contributed by atoms with Crippen LogP contribution in [0.25, 0.3) is 0 Å². The molecule has 0 spiro atoms. The average molecular weight is 273 g/mol. The quantitative estimate of drug-likeness (QED) is 0.580. The Bertz CT molecular complexity index is 369. The summed E-state index contributed by atoms with van der Waals surface area (Å²) < 4.78 is 18.3. The van der Waals surface area contributed by atoms with Crippen molar-refractivity contribution < 1.29 is 8.42 Å². The van der Waals surface area contributed by atoms with Crippen molar-refractivity contribution in [2.45, 2.75) is 11.8 Å². The summed E-state index contributed by atoms with van der Waals surface area (Å²) in [6, 6.07) is 8.40. The summed E-state index contributed by atoms with van der Waals surface area (Å²) in [6.07, 6.45) is 2.10. The minimum atomic E-state index is -3.72. The maximum absolute atomic E-state index is 9.16. The summed E-state index contributed by atoms with van der Waals surface area (Å²) in [5, 5.41) is 0. The molecule has 0 aromatic heterocycles. The first kappa shape index (κ1) is 14.1. The van der Waals surface area contributed by atoms with E-state index in [9.17, 15) is 0 Å². The molecule has 1 aromatic rings. The molecule has 0 saturated heterocycles. The minimum absolute atomic E-state index is 1.37. The van der Waals surface area contributed by atoms with E-state index in [1.54, 1.807) is 11.8 Å². The zero-order valence-corrected chi connectivity index (χ0v) is 10.8. The topological polar surface area (TPSA) is 34.1 Å². The molecule has 0 fully saturated rings. The summed E-state index contributed by atoms with van der Waals surface area (Å²) in [6.45, 7) is 2.13. The lowest BCUT2D eigenvalue weighted by Crippen LogP contribution is -1.74. The number of hydrogen-bond donors (Lipinski definition) is 0. The van der Waals surface area contributed by atoms with E-state index >= 15 is 0 Å². The SMILES string of the molecule is CSc1ccccc1C.O=S(=O)(Cl)Cl. The van der Waals surface area contributed by atoms with Crippen molar-refractivity contribution in [2.24, 2.45) is 0 Å². The van der Waals surface area contributed by atoms with Crippen molar-refractivity contribution in [1.29, 1.82) is 0 Å². The van der Waals surface area contributed by atoms with Gasteiger partial charge >= 0.3 is 8.26 Å². The lowest BCUT2D eigenvalue weighted by Gasteiger charge is -1.97. The third-order valence-corrected chi connectivity index (χ3v) is 2.21. The first-order valence-electron chi connectivity index (χ1n) is 3.58. The lowest BCUT2D eigenvalue weighted by molar-refractivity contribution is 0.621. The molecular formula is C8H10Cl2O2S2. The molecule has 0 aliphatic heterocycles. The second kappa shape index (κ2) is 6.56. The molecular weight excluding hydrogens is 263 g/mol. The molecule has 0 aliphatic rings. The Hall–Kier alpha value is 0.1000. The standard InChI is InChI=1S/C8H10S.Cl2O2S/c1-7-5-3-4-6-8(7)9-2;1-5(2,3)4/h3-6H,1-2H3;. The molecule has 0 amide bonds. The van der Waals surface area contributed by atoms with E-state index in [1.165, 1.54) is 10.5 Å². The van der Waals surface area contributed by atoms with Crippen LogP contribution in [0.15, 0.2) is 29.2 Å². The third-order valence-electron chi connectivity index (χ3n) is 1.31. The Balaban J connectivity index is 0.000000292. The van der Waals surface area contributed by atoms with E-state index in [2.05, 4.69) is 58.8 Å². The molecule has 1 aromatic carbocycles. The number of thioether (sulfide) groups is 1. The predicted molar refractivity (Wildman–Crippen MR) is 63.6 cm³/mol. The van der Waals surface area contributed by atoms with Crippen LogP contribution in [-0.2, 0) is 8.26 Å². The van der Waals surface area contributed by atoms with Gasteiger partial charge in [-0.25, -0.2) is 0 Å². The number of hydrogen-bond acceptors (Lipinski definition) is 3. The van der Waals surface area contributed by atoms with E-state index < -0.39 is 8.26 Å². The molecule has 6 heteroatoms. The highest BCUT2D eigenvalue weighted by atomic mass is 36.0. The van der Waals surface area contributed by atoms with Crippen molar-refractivity contribution >= 4 is 41.4 Å². The van der Waals surface area contributed by atoms with Gasteiger partial charge in [0, 0.05) is 26.3 Å². The van der Waals surface area contributed by atoms with Gasteiger partial charge in [-0.1, -0.05) is 18.2 Å². The average Bonchev–Trinajstić information content (AvgIpc) is 2.02. The highest BCUT2D eigenvalue weighted by Gasteiger charge is 1.90. The number of benzene rings is 1. The second-order valence-corrected chi connectivity index (χ2v) is 6.86. The zero-order valence-electron chi connectivity index (χ0n) is 7.70. The van der Waals surface area contributed by atoms with Gasteiger partial charge in [-0.2, -0.15) is 8.42 Å². The molecule has 0 aliphatic carbocycles. The van der Waals surface area contributed by atoms with Crippen molar-refractivity contribution in [3.05, 3.63) is 29.8 Å². The summed E-state index contributed by atoms with van der Waals surface area (Å²) in [7, 11) is 4.81. The van der Waals surface area contributed by atoms with Crippen LogP contribution in [0.2, 0.25) is 0 Å². The van der Waals surface area contributed by atoms with Crippen molar-refractivity contribution in [3.8, 4) is 0 Å². The minimum Gasteiger partial charge on any atom is -0.195 e. The van der Waals surface area contributed by atoms with Crippen LogP contribution in [0.5, 0.6) is 0 Å². The molecule has 0 bridgehead atoms. The first-order chi connectivity index (χ1) is 6.34. The molecule has 1 rings (SSSR count). The van der Waals surface area contributed by atoms with Crippen LogP contribution >= 0.6 is 33.1 Å². The van der Waals surface area contributed by atoms with Gasteiger partial charge in [-0.15, -0.1) is 11.8 Å². The fourth-order valence-corrected chi connectivity index (χ4v) is 1.39. The van der Waals surface area contributed by atoms with Crippen LogP contribution < -0.4 is 0 Å². The normalized spacial score (nSPS) is 10.3. The van der Waals surface area contributed by atoms with Gasteiger partial charge in [-0.05, 0) is 24.8 Å². The smallest absolute Gasteiger partial charge is 0.195 e. The van der Waals surface area contributed by atoms with E-state index in [0.717, 1.165) is 0 Å². The van der Waals surface area contributed by atoms with E-state index in [1.807, 2.05) is 0 Å². The van der Waals surface area contributed by atoms with Gasteiger partial charge in [0.05, 0.1) is 0 Å². The van der Waals surface area contributed by atoms with Crippen molar-refractivity contribution in [1.82, 2.24) is 0 Å². The van der Waals surface area contributed by atoms with Crippen molar-refractivity contribution in [3.63, 3.8) is 0 Å². The molecule has 0 atom stereocenters. The van der Waals surface area contributed by atoms with Crippen LogP contribution in [0, 0.1) is 6.92 Å². The molecule has 14 heavy (non-hydrogen) atoms. The van der Waals surface area contributed by atoms with Crippen LogP contribution in [0.1, 0.15) is 5.56 Å². The summed E-state index contributed by atoms with van der Waals surface area (Å²) in [5.41, 5.74) is 1.37. The summed E-state index contributed by atoms with van der Waals surface area (Å²) >= 11 is 1.80. The highest BCUT2D eigenvalue weighted by Crippen LogP contribution is 2.17. The Kier molecular flexibility index (Phi) is 6.61. The van der Waals surface area contributed by atoms with Crippen LogP contribution in [-0.4, -0.2) is 14.7 Å². The fraction of sp³-hybridized carbons (Fsp3) is 0.250. The van der Waals surface area contributed by atoms with E-state index in [-0.39, 0.29) is 0 Å². The van der Waals surface area contributed by atoms with Crippen LogP contribution in [0.3, 0.4) is 0 Å². The van der Waals surface area contributed by atoms with Crippen LogP contribution in [0.4, 0.5) is 0 Å². The monoisotopic (exact) mass is 272 g/mol. The number of halogens is 2. The van der Waals surface area contributed by atoms with Gasteiger partial charge in [0.25, 0.3) is 0 Å². The molecule has 0 radical (unpaired) electrons. The third kappa shape index (κ3) is 8.69. The summed E-state index contributed by atoms with van der Waals surface area (Å²) in [4.78, 5) is 1.37. The van der Waals surface area contributed by atoms with Gasteiger partial charge in [0.15, 0.2) is 0 Å². The first-order valence-corrected chi connectivity index (χ1v) is 7.94. The molecule has 0 saturated carbocycles. The van der Waals surface area contributed by atoms with E-state index in [4.69, 9.17) is 8.42 Å². The predicted octanol–water partition coefficient (Wildman–Crippen LogP) is 3.43. The maximum atomic E-state index is 9.16. The second-order valence-electron chi connectivity index (χ2n) is 2.35. The Morgan fingerprint density at radius 1 is 1.21 bits per heavy atom. The zero-order chi connectivity index (χ0) is 11.2. The van der Waals surface area contributed by atoms with Gasteiger partial charge < -0.3 is 0 Å². The number of rotatable bonds is 1. The van der Waals surface area contributed by atoms with Gasteiger partial charge in [0.1, 0.15) is 0 Å². The maximum Gasteiger partial charge on any atom is 0.317 e. The molecule has 80 valence electrons. The van der Waals surface area contributed by atoms with Crippen molar-refractivity contribution in [2.75, 3.05) is 6.26 Å². The van der Waals surface area contributed by atoms with Gasteiger partial charge in [0.2, 0.25) is 0 Å².